The van der Waals surface area contributed by atoms with Crippen molar-refractivity contribution in [3.05, 3.63) is 0 Å². The summed E-state index contributed by atoms with van der Waals surface area (Å²) < 4.78 is 31.8. The number of aliphatic hydroxyl groups excluding tert-OH is 1. The molecule has 1 N–H and O–H groups in total. The lowest BCUT2D eigenvalue weighted by atomic mass is 9.98. The van der Waals surface area contributed by atoms with E-state index < -0.39 is 54.6 Å². The molecule has 1 aliphatic rings. The monoisotopic (exact) mass is 406 g/mol. The number of rotatable bonds is 9. The normalized spacial score (nSPS) is 26.8. The first-order chi connectivity index (χ1) is 13.1. The summed E-state index contributed by atoms with van der Waals surface area (Å²) in [6.45, 7) is 4.17. The molecule has 28 heavy (non-hydrogen) atoms. The van der Waals surface area contributed by atoms with Crippen LogP contribution < -0.4 is 0 Å². The van der Waals surface area contributed by atoms with Crippen molar-refractivity contribution in [3.8, 4) is 0 Å². The lowest BCUT2D eigenvalue weighted by Gasteiger charge is -2.44. The summed E-state index contributed by atoms with van der Waals surface area (Å²) in [6.07, 6.45) is -5.73. The molecule has 0 bridgehead atoms. The van der Waals surface area contributed by atoms with Crippen molar-refractivity contribution >= 4 is 23.9 Å². The Balaban J connectivity index is 3.21. The number of hydrogen-bond acceptors (Lipinski definition) is 11. The van der Waals surface area contributed by atoms with Crippen LogP contribution in [0.2, 0.25) is 0 Å². The van der Waals surface area contributed by atoms with Crippen molar-refractivity contribution in [1.82, 2.24) is 0 Å². The summed E-state index contributed by atoms with van der Waals surface area (Å²) in [5, 5.41) is 8.93. The molecule has 0 aromatic heterocycles. The molecule has 0 aromatic rings. The van der Waals surface area contributed by atoms with Crippen LogP contribution in [0.1, 0.15) is 34.1 Å². The van der Waals surface area contributed by atoms with Gasteiger partial charge in [-0.15, -0.1) is 0 Å². The van der Waals surface area contributed by atoms with Crippen molar-refractivity contribution in [2.24, 2.45) is 0 Å². The Morgan fingerprint density at radius 1 is 0.821 bits per heavy atom. The van der Waals surface area contributed by atoms with Crippen LogP contribution in [0.5, 0.6) is 0 Å². The van der Waals surface area contributed by atoms with Gasteiger partial charge in [0.2, 0.25) is 0 Å². The molecule has 0 spiro atoms. The summed E-state index contributed by atoms with van der Waals surface area (Å²) >= 11 is 0. The molecule has 5 atom stereocenters. The molecular weight excluding hydrogens is 380 g/mol. The van der Waals surface area contributed by atoms with E-state index in [1.54, 1.807) is 0 Å². The molecule has 1 heterocycles. The second-order valence-electron chi connectivity index (χ2n) is 6.02. The Morgan fingerprint density at radius 2 is 1.36 bits per heavy atom. The van der Waals surface area contributed by atoms with Crippen LogP contribution >= 0.6 is 0 Å². The predicted molar refractivity (Wildman–Crippen MR) is 89.6 cm³/mol. The van der Waals surface area contributed by atoms with Crippen molar-refractivity contribution < 1.29 is 52.7 Å². The lowest BCUT2D eigenvalue weighted by molar-refractivity contribution is -0.308. The quantitative estimate of drug-likeness (QED) is 0.300. The van der Waals surface area contributed by atoms with Gasteiger partial charge in [0, 0.05) is 34.3 Å². The molecule has 0 unspecified atom stereocenters. The molecule has 1 saturated heterocycles. The molecule has 0 radical (unpaired) electrons. The highest BCUT2D eigenvalue weighted by Crippen LogP contribution is 2.30. The Morgan fingerprint density at radius 3 is 1.86 bits per heavy atom. The van der Waals surface area contributed by atoms with Crippen LogP contribution in [-0.2, 0) is 47.6 Å². The molecule has 11 nitrogen and oxygen atoms in total. The molecule has 0 saturated carbocycles. The van der Waals surface area contributed by atoms with Gasteiger partial charge in [0.15, 0.2) is 24.6 Å². The van der Waals surface area contributed by atoms with Crippen molar-refractivity contribution in [2.75, 3.05) is 19.8 Å². The number of carbonyl (C=O) groups is 4. The van der Waals surface area contributed by atoms with Crippen LogP contribution in [0.3, 0.4) is 0 Å². The van der Waals surface area contributed by atoms with E-state index in [1.165, 1.54) is 6.92 Å². The highest BCUT2D eigenvalue weighted by atomic mass is 16.7. The van der Waals surface area contributed by atoms with Gasteiger partial charge in [0.1, 0.15) is 12.7 Å². The maximum absolute atomic E-state index is 11.6. The van der Waals surface area contributed by atoms with Gasteiger partial charge in [-0.1, -0.05) is 0 Å². The summed E-state index contributed by atoms with van der Waals surface area (Å²) in [5.74, 6) is -2.74. The smallest absolute Gasteiger partial charge is 0.303 e. The van der Waals surface area contributed by atoms with Gasteiger partial charge in [-0.2, -0.15) is 0 Å². The maximum Gasteiger partial charge on any atom is 0.303 e. The largest absolute Gasteiger partial charge is 0.463 e. The molecule has 1 aliphatic heterocycles. The Kier molecular flexibility index (Phi) is 9.83. The van der Waals surface area contributed by atoms with E-state index >= 15 is 0 Å². The van der Waals surface area contributed by atoms with Crippen LogP contribution in [0, 0.1) is 0 Å². The number of ether oxygens (including phenoxy) is 6. The van der Waals surface area contributed by atoms with Crippen LogP contribution in [0.25, 0.3) is 0 Å². The summed E-state index contributed by atoms with van der Waals surface area (Å²) in [6, 6.07) is 0. The van der Waals surface area contributed by atoms with E-state index in [2.05, 4.69) is 0 Å². The van der Waals surface area contributed by atoms with E-state index in [1.807, 2.05) is 0 Å². The van der Waals surface area contributed by atoms with E-state index in [4.69, 9.17) is 33.5 Å². The second-order valence-corrected chi connectivity index (χ2v) is 6.02. The zero-order valence-corrected chi connectivity index (χ0v) is 16.2. The average Bonchev–Trinajstić information content (AvgIpc) is 2.57. The number of esters is 4. The molecule has 0 aromatic carbocycles. The van der Waals surface area contributed by atoms with Crippen LogP contribution in [0.15, 0.2) is 0 Å². The van der Waals surface area contributed by atoms with Gasteiger partial charge < -0.3 is 33.5 Å². The van der Waals surface area contributed by atoms with Gasteiger partial charge in [-0.05, 0) is 6.42 Å². The first-order valence-corrected chi connectivity index (χ1v) is 8.68. The number of hydrogen-bond donors (Lipinski definition) is 1. The maximum atomic E-state index is 11.6. The highest BCUT2D eigenvalue weighted by Gasteiger charge is 2.52. The Bertz CT molecular complexity index is 561. The van der Waals surface area contributed by atoms with Crippen molar-refractivity contribution in [1.29, 1.82) is 0 Å². The summed E-state index contributed by atoms with van der Waals surface area (Å²) in [4.78, 5) is 45.9. The third kappa shape index (κ3) is 7.79. The number of carbonyl (C=O) groups excluding carboxylic acids is 4. The predicted octanol–water partition coefficient (Wildman–Crippen LogP) is -0.531. The van der Waals surface area contributed by atoms with Gasteiger partial charge in [-0.3, -0.25) is 19.2 Å². The molecule has 11 heteroatoms. The third-order valence-electron chi connectivity index (χ3n) is 3.53. The minimum Gasteiger partial charge on any atom is -0.463 e. The van der Waals surface area contributed by atoms with Crippen LogP contribution in [-0.4, -0.2) is 79.5 Å². The lowest BCUT2D eigenvalue weighted by Crippen LogP contribution is -2.63. The zero-order chi connectivity index (χ0) is 21.3. The van der Waals surface area contributed by atoms with Gasteiger partial charge >= 0.3 is 23.9 Å². The molecular formula is C17H26O11. The minimum absolute atomic E-state index is 0.0459. The Labute approximate surface area is 162 Å². The van der Waals surface area contributed by atoms with E-state index in [0.29, 0.717) is 0 Å². The minimum atomic E-state index is -1.27. The summed E-state index contributed by atoms with van der Waals surface area (Å²) in [5.41, 5.74) is 0. The van der Waals surface area contributed by atoms with E-state index in [9.17, 15) is 19.2 Å². The van der Waals surface area contributed by atoms with Gasteiger partial charge in [0.05, 0.1) is 6.61 Å². The molecule has 1 fully saturated rings. The second kappa shape index (κ2) is 11.6. The first-order valence-electron chi connectivity index (χ1n) is 8.68. The molecule has 0 amide bonds. The van der Waals surface area contributed by atoms with E-state index in [-0.39, 0.29) is 26.2 Å². The van der Waals surface area contributed by atoms with Crippen molar-refractivity contribution in [2.45, 2.75) is 64.8 Å². The zero-order valence-electron chi connectivity index (χ0n) is 16.2. The number of aliphatic hydroxyl groups is 1. The fraction of sp³-hybridized carbons (Fsp3) is 0.765. The molecule has 0 aliphatic carbocycles. The summed E-state index contributed by atoms with van der Waals surface area (Å²) in [7, 11) is 0. The standard InChI is InChI=1S/C17H26O11/c1-9(19)24-8-13-14(25-10(2)20)15(26-11(3)21)16(27-12(4)22)17(28-13)23-7-5-6-18/h13-18H,5-8H2,1-4H3/t13-,14-,15+,16-,17+/m1/s1. The fourth-order valence-corrected chi connectivity index (χ4v) is 2.59. The highest BCUT2D eigenvalue weighted by molar-refractivity contribution is 5.68. The fourth-order valence-electron chi connectivity index (χ4n) is 2.59. The topological polar surface area (TPSA) is 144 Å². The molecule has 160 valence electrons. The Hall–Kier alpha value is -2.24. The van der Waals surface area contributed by atoms with Gasteiger partial charge in [0.25, 0.3) is 0 Å². The average molecular weight is 406 g/mol. The molecule has 1 rings (SSSR count). The third-order valence-corrected chi connectivity index (χ3v) is 3.53. The van der Waals surface area contributed by atoms with Crippen LogP contribution in [0.4, 0.5) is 0 Å². The first kappa shape index (κ1) is 23.8. The van der Waals surface area contributed by atoms with Gasteiger partial charge in [-0.25, -0.2) is 0 Å². The SMILES string of the molecule is CC(=O)OC[C@H]1O[C@H](OCCCO)[C@H](OC(C)=O)[C@@H](OC(C)=O)[C@@H]1OC(C)=O. The van der Waals surface area contributed by atoms with Crippen molar-refractivity contribution in [3.63, 3.8) is 0 Å². The van der Waals surface area contributed by atoms with E-state index in [0.717, 1.165) is 20.8 Å².